The van der Waals surface area contributed by atoms with E-state index in [1.807, 2.05) is 0 Å². The third-order valence-corrected chi connectivity index (χ3v) is 2.43. The minimum atomic E-state index is -1.57. The van der Waals surface area contributed by atoms with Gasteiger partial charge in [-0.2, -0.15) is 5.10 Å². The fraction of sp³-hybridized carbons (Fsp3) is 0.364. The lowest BCUT2D eigenvalue weighted by atomic mass is 10.1. The maximum absolute atomic E-state index is 10.4. The van der Waals surface area contributed by atoms with Crippen molar-refractivity contribution in [2.75, 3.05) is 12.0 Å². The summed E-state index contributed by atoms with van der Waals surface area (Å²) < 4.78 is 0. The summed E-state index contributed by atoms with van der Waals surface area (Å²) in [5, 5.41) is 50.5. The number of aliphatic hydroxyl groups excluding tert-OH is 4. The lowest BCUT2D eigenvalue weighted by molar-refractivity contribution is -0.384. The standard InChI is InChI=1S/C11H15N3O6/c15-6-10(17)11(18)9(16)5-12-13-7-1-3-8(4-2-7)14(19)20/h1-5,9-11,13,15-18H,6H2/t9-,10-,11+/m0/s1. The molecule has 9 heteroatoms. The van der Waals surface area contributed by atoms with Crippen LogP contribution in [0.2, 0.25) is 0 Å². The topological polar surface area (TPSA) is 148 Å². The third-order valence-electron chi connectivity index (χ3n) is 2.43. The second kappa shape index (κ2) is 7.50. The van der Waals surface area contributed by atoms with E-state index in [9.17, 15) is 20.3 Å². The molecule has 0 aromatic heterocycles. The zero-order valence-corrected chi connectivity index (χ0v) is 10.3. The Hall–Kier alpha value is -2.07. The predicted molar refractivity (Wildman–Crippen MR) is 70.3 cm³/mol. The van der Waals surface area contributed by atoms with Crippen molar-refractivity contribution >= 4 is 17.6 Å². The first kappa shape index (κ1) is 16.0. The van der Waals surface area contributed by atoms with Gasteiger partial charge in [0.05, 0.1) is 23.4 Å². The van der Waals surface area contributed by atoms with Crippen LogP contribution >= 0.6 is 0 Å². The number of aliphatic hydroxyl groups is 4. The van der Waals surface area contributed by atoms with E-state index in [0.29, 0.717) is 5.69 Å². The number of hydrazone groups is 1. The second-order valence-corrected chi connectivity index (χ2v) is 3.93. The zero-order valence-electron chi connectivity index (χ0n) is 10.3. The number of nitro groups is 1. The Morgan fingerprint density at radius 3 is 2.40 bits per heavy atom. The van der Waals surface area contributed by atoms with E-state index < -0.39 is 29.8 Å². The molecule has 0 heterocycles. The van der Waals surface area contributed by atoms with E-state index in [1.54, 1.807) is 0 Å². The van der Waals surface area contributed by atoms with Gasteiger partial charge in [-0.3, -0.25) is 15.5 Å². The van der Waals surface area contributed by atoms with Crippen molar-refractivity contribution < 1.29 is 25.3 Å². The van der Waals surface area contributed by atoms with Gasteiger partial charge in [-0.1, -0.05) is 0 Å². The molecule has 5 N–H and O–H groups in total. The molecule has 9 nitrogen and oxygen atoms in total. The predicted octanol–water partition coefficient (Wildman–Crippen LogP) is -0.933. The van der Waals surface area contributed by atoms with E-state index in [0.717, 1.165) is 6.21 Å². The lowest BCUT2D eigenvalue weighted by Crippen LogP contribution is -2.40. The van der Waals surface area contributed by atoms with Crippen molar-refractivity contribution in [3.63, 3.8) is 0 Å². The molecule has 0 fully saturated rings. The van der Waals surface area contributed by atoms with Crippen LogP contribution in [-0.4, -0.2) is 56.5 Å². The van der Waals surface area contributed by atoms with Crippen LogP contribution in [0.25, 0.3) is 0 Å². The van der Waals surface area contributed by atoms with Gasteiger partial charge in [0, 0.05) is 12.1 Å². The molecule has 0 bridgehead atoms. The highest BCUT2D eigenvalue weighted by atomic mass is 16.6. The van der Waals surface area contributed by atoms with E-state index in [1.165, 1.54) is 24.3 Å². The molecule has 3 atom stereocenters. The molecule has 0 unspecified atom stereocenters. The molecule has 110 valence electrons. The van der Waals surface area contributed by atoms with E-state index in [-0.39, 0.29) is 5.69 Å². The molecule has 0 aliphatic carbocycles. The zero-order chi connectivity index (χ0) is 15.1. The minimum Gasteiger partial charge on any atom is -0.394 e. The number of non-ortho nitro benzene ring substituents is 1. The molecule has 0 spiro atoms. The average Bonchev–Trinajstić information content (AvgIpc) is 2.45. The summed E-state index contributed by atoms with van der Waals surface area (Å²) in [4.78, 5) is 9.90. The van der Waals surface area contributed by atoms with Gasteiger partial charge in [-0.05, 0) is 12.1 Å². The smallest absolute Gasteiger partial charge is 0.269 e. The number of anilines is 1. The molecule has 20 heavy (non-hydrogen) atoms. The molecule has 0 aliphatic rings. The summed E-state index contributed by atoms with van der Waals surface area (Å²) in [5.74, 6) is 0. The Labute approximate surface area is 114 Å². The first-order valence-electron chi connectivity index (χ1n) is 5.64. The second-order valence-electron chi connectivity index (χ2n) is 3.93. The van der Waals surface area contributed by atoms with Gasteiger partial charge in [0.1, 0.15) is 18.3 Å². The van der Waals surface area contributed by atoms with Gasteiger partial charge in [-0.25, -0.2) is 0 Å². The molecule has 0 radical (unpaired) electrons. The Bertz CT molecular complexity index is 464. The van der Waals surface area contributed by atoms with Crippen molar-refractivity contribution in [2.45, 2.75) is 18.3 Å². The highest BCUT2D eigenvalue weighted by Crippen LogP contribution is 2.15. The highest BCUT2D eigenvalue weighted by Gasteiger charge is 2.22. The Morgan fingerprint density at radius 1 is 1.30 bits per heavy atom. The van der Waals surface area contributed by atoms with E-state index >= 15 is 0 Å². The van der Waals surface area contributed by atoms with Gasteiger partial charge in [0.15, 0.2) is 0 Å². The summed E-state index contributed by atoms with van der Waals surface area (Å²) in [7, 11) is 0. The van der Waals surface area contributed by atoms with Crippen LogP contribution in [0.4, 0.5) is 11.4 Å². The van der Waals surface area contributed by atoms with Crippen LogP contribution in [0.3, 0.4) is 0 Å². The number of nitro benzene ring substituents is 1. The number of hydrogen-bond acceptors (Lipinski definition) is 8. The van der Waals surface area contributed by atoms with Crippen LogP contribution in [0.5, 0.6) is 0 Å². The maximum atomic E-state index is 10.4. The molecule has 0 aliphatic heterocycles. The molecule has 0 amide bonds. The van der Waals surface area contributed by atoms with Crippen LogP contribution in [0.1, 0.15) is 0 Å². The lowest BCUT2D eigenvalue weighted by Gasteiger charge is -2.18. The summed E-state index contributed by atoms with van der Waals surface area (Å²) in [5.41, 5.74) is 2.86. The molecule has 0 saturated heterocycles. The maximum Gasteiger partial charge on any atom is 0.269 e. The van der Waals surface area contributed by atoms with E-state index in [4.69, 9.17) is 10.2 Å². The van der Waals surface area contributed by atoms with Crippen LogP contribution in [0, 0.1) is 10.1 Å². The number of nitrogens with one attached hydrogen (secondary N) is 1. The Kier molecular flexibility index (Phi) is 6.00. The van der Waals surface area contributed by atoms with Gasteiger partial charge >= 0.3 is 0 Å². The third kappa shape index (κ3) is 4.55. The summed E-state index contributed by atoms with van der Waals surface area (Å²) in [6.45, 7) is -0.693. The van der Waals surface area contributed by atoms with Crippen molar-refractivity contribution in [1.29, 1.82) is 0 Å². The van der Waals surface area contributed by atoms with Gasteiger partial charge < -0.3 is 20.4 Å². The molecular formula is C11H15N3O6. The van der Waals surface area contributed by atoms with Gasteiger partial charge in [-0.15, -0.1) is 0 Å². The van der Waals surface area contributed by atoms with Crippen molar-refractivity contribution in [1.82, 2.24) is 0 Å². The van der Waals surface area contributed by atoms with Gasteiger partial charge in [0.25, 0.3) is 5.69 Å². The average molecular weight is 285 g/mol. The van der Waals surface area contributed by atoms with Crippen molar-refractivity contribution in [2.24, 2.45) is 5.10 Å². The minimum absolute atomic E-state index is 0.0685. The number of nitrogens with zero attached hydrogens (tertiary/aromatic N) is 2. The summed E-state index contributed by atoms with van der Waals surface area (Å²) >= 11 is 0. The SMILES string of the molecule is O=[N+]([O-])c1ccc(NN=C[C@H](O)[C@@H](O)[C@@H](O)CO)cc1. The molecular weight excluding hydrogens is 270 g/mol. The van der Waals surface area contributed by atoms with Crippen LogP contribution < -0.4 is 5.43 Å². The Balaban J connectivity index is 2.53. The van der Waals surface area contributed by atoms with Gasteiger partial charge in [0.2, 0.25) is 0 Å². The quantitative estimate of drug-likeness (QED) is 0.247. The van der Waals surface area contributed by atoms with Crippen molar-refractivity contribution in [3.05, 3.63) is 34.4 Å². The van der Waals surface area contributed by atoms with Crippen LogP contribution in [-0.2, 0) is 0 Å². The number of benzene rings is 1. The number of hydrogen-bond donors (Lipinski definition) is 5. The van der Waals surface area contributed by atoms with Crippen molar-refractivity contribution in [3.8, 4) is 0 Å². The van der Waals surface area contributed by atoms with Crippen LogP contribution in [0.15, 0.2) is 29.4 Å². The molecule has 1 aromatic rings. The highest BCUT2D eigenvalue weighted by molar-refractivity contribution is 5.65. The fourth-order valence-corrected chi connectivity index (χ4v) is 1.27. The van der Waals surface area contributed by atoms with E-state index in [2.05, 4.69) is 10.5 Å². The molecule has 0 saturated carbocycles. The largest absolute Gasteiger partial charge is 0.394 e. The molecule has 1 rings (SSSR count). The summed E-state index contributed by atoms with van der Waals surface area (Å²) in [6, 6.07) is 5.39. The first-order valence-corrected chi connectivity index (χ1v) is 5.64. The first-order chi connectivity index (χ1) is 9.45. The fourth-order valence-electron chi connectivity index (χ4n) is 1.27. The normalized spacial score (nSPS) is 15.8. The monoisotopic (exact) mass is 285 g/mol. The molecule has 1 aromatic carbocycles. The Morgan fingerprint density at radius 2 is 1.90 bits per heavy atom. The number of rotatable bonds is 7. The summed E-state index contributed by atoms with van der Waals surface area (Å²) in [6.07, 6.45) is -3.58.